The SMILES string of the molecule is COC(=O)[C@@H](O)[C@@H]1OC(COCc2ccccc2)[C@H](OCc2ccccc2)C(n2cc(-c3cc(F)c(F)c(F)c3)nn2)C1OCc1ccccc1. The Labute approximate surface area is 292 Å². The summed E-state index contributed by atoms with van der Waals surface area (Å²) < 4.78 is 74.3. The van der Waals surface area contributed by atoms with Crippen LogP contribution in [0.25, 0.3) is 11.3 Å². The first kappa shape index (κ1) is 35.9. The number of nitrogens with zero attached hydrogens (tertiary/aromatic N) is 3. The fraction of sp³-hybridized carbons (Fsp3) is 0.289. The molecule has 13 heteroatoms. The molecule has 1 N–H and O–H groups in total. The highest BCUT2D eigenvalue weighted by atomic mass is 19.2. The molecule has 0 radical (unpaired) electrons. The van der Waals surface area contributed by atoms with Gasteiger partial charge in [0.05, 0.1) is 39.7 Å². The van der Waals surface area contributed by atoms with Crippen molar-refractivity contribution in [2.24, 2.45) is 0 Å². The molecule has 1 saturated heterocycles. The third kappa shape index (κ3) is 8.70. The molecule has 0 aliphatic carbocycles. The maximum absolute atomic E-state index is 14.3. The van der Waals surface area contributed by atoms with Crippen molar-refractivity contribution in [3.8, 4) is 11.3 Å². The van der Waals surface area contributed by atoms with Gasteiger partial charge in [-0.15, -0.1) is 5.10 Å². The minimum Gasteiger partial charge on any atom is -0.467 e. The molecule has 51 heavy (non-hydrogen) atoms. The molecule has 1 aromatic heterocycles. The molecule has 1 aliphatic heterocycles. The molecule has 0 spiro atoms. The number of halogens is 3. The van der Waals surface area contributed by atoms with Crippen LogP contribution in [0.5, 0.6) is 0 Å². The third-order valence-electron chi connectivity index (χ3n) is 8.51. The lowest BCUT2D eigenvalue weighted by Crippen LogP contribution is -2.62. The van der Waals surface area contributed by atoms with Crippen molar-refractivity contribution in [3.05, 3.63) is 143 Å². The van der Waals surface area contributed by atoms with Gasteiger partial charge in [-0.3, -0.25) is 0 Å². The molecular formula is C38H36F3N3O7. The van der Waals surface area contributed by atoms with Crippen molar-refractivity contribution in [1.82, 2.24) is 15.0 Å². The summed E-state index contributed by atoms with van der Waals surface area (Å²) in [6.07, 6.45) is -4.71. The Kier molecular flexibility index (Phi) is 11.9. The second kappa shape index (κ2) is 16.9. The van der Waals surface area contributed by atoms with Crippen LogP contribution in [0.15, 0.2) is 109 Å². The van der Waals surface area contributed by atoms with E-state index < -0.39 is 60.0 Å². The number of aromatic nitrogens is 3. The fourth-order valence-electron chi connectivity index (χ4n) is 5.96. The second-order valence-electron chi connectivity index (χ2n) is 12.0. The van der Waals surface area contributed by atoms with Gasteiger partial charge in [0, 0.05) is 5.56 Å². The number of carbonyl (C=O) groups is 1. The number of carbonyl (C=O) groups excluding carboxylic acids is 1. The van der Waals surface area contributed by atoms with Crippen molar-refractivity contribution in [2.45, 2.75) is 56.4 Å². The van der Waals surface area contributed by atoms with Gasteiger partial charge < -0.3 is 28.8 Å². The summed E-state index contributed by atoms with van der Waals surface area (Å²) in [4.78, 5) is 12.8. The van der Waals surface area contributed by atoms with Gasteiger partial charge in [0.25, 0.3) is 0 Å². The highest BCUT2D eigenvalue weighted by Crippen LogP contribution is 2.38. The van der Waals surface area contributed by atoms with E-state index in [-0.39, 0.29) is 37.7 Å². The molecule has 0 bridgehead atoms. The summed E-state index contributed by atoms with van der Waals surface area (Å²) >= 11 is 0. The summed E-state index contributed by atoms with van der Waals surface area (Å²) in [6.45, 7) is 0.332. The van der Waals surface area contributed by atoms with Gasteiger partial charge in [0.2, 0.25) is 0 Å². The number of esters is 1. The highest BCUT2D eigenvalue weighted by Gasteiger charge is 2.53. The number of benzene rings is 4. The van der Waals surface area contributed by atoms with Crippen LogP contribution in [-0.2, 0) is 48.3 Å². The average Bonchev–Trinajstić information content (AvgIpc) is 3.66. The first-order valence-electron chi connectivity index (χ1n) is 16.2. The molecule has 6 rings (SSSR count). The van der Waals surface area contributed by atoms with Crippen LogP contribution < -0.4 is 0 Å². The Hall–Kier alpha value is -4.92. The van der Waals surface area contributed by atoms with Crippen molar-refractivity contribution >= 4 is 5.97 Å². The van der Waals surface area contributed by atoms with Crippen molar-refractivity contribution < 1.29 is 46.8 Å². The molecule has 3 unspecified atom stereocenters. The van der Waals surface area contributed by atoms with E-state index in [1.807, 2.05) is 91.0 Å². The van der Waals surface area contributed by atoms with E-state index in [4.69, 9.17) is 23.7 Å². The van der Waals surface area contributed by atoms with Crippen LogP contribution in [0.4, 0.5) is 13.2 Å². The van der Waals surface area contributed by atoms with E-state index in [0.29, 0.717) is 0 Å². The smallest absolute Gasteiger partial charge is 0.337 e. The fourth-order valence-corrected chi connectivity index (χ4v) is 5.96. The minimum atomic E-state index is -1.81. The molecule has 4 aromatic carbocycles. The van der Waals surface area contributed by atoms with Gasteiger partial charge in [0.1, 0.15) is 36.2 Å². The number of aliphatic hydroxyl groups is 1. The first-order chi connectivity index (χ1) is 24.8. The van der Waals surface area contributed by atoms with Crippen molar-refractivity contribution in [1.29, 1.82) is 0 Å². The predicted octanol–water partition coefficient (Wildman–Crippen LogP) is 5.59. The van der Waals surface area contributed by atoms with Gasteiger partial charge in [0.15, 0.2) is 23.6 Å². The number of hydrogen-bond donors (Lipinski definition) is 1. The molecule has 2 heterocycles. The lowest BCUT2D eigenvalue weighted by molar-refractivity contribution is -0.258. The Balaban J connectivity index is 1.42. The standard InChI is InChI=1S/C38H36F3N3O7/c1-47-38(46)34(45)37-36(50-22-26-15-9-4-10-16-26)33(44-19-30(42-43-44)27-17-28(39)32(41)29(40)18-27)35(49-21-25-13-7-3-8-14-25)31(51-37)23-48-20-24-11-5-2-6-12-24/h2-19,31,33-37,45H,20-23H2,1H3/t31?,33?,34-,35-,36?,37-/m0/s1. The second-order valence-corrected chi connectivity index (χ2v) is 12.0. The molecule has 6 atom stereocenters. The number of hydrogen-bond acceptors (Lipinski definition) is 9. The summed E-state index contributed by atoms with van der Waals surface area (Å²) in [7, 11) is 1.14. The molecule has 0 saturated carbocycles. The van der Waals surface area contributed by atoms with Crippen LogP contribution in [0.3, 0.4) is 0 Å². The quantitative estimate of drug-likeness (QED) is 0.117. The number of aliphatic hydroxyl groups excluding tert-OH is 1. The van der Waals surface area contributed by atoms with E-state index in [2.05, 4.69) is 10.3 Å². The number of methoxy groups -OCH3 is 1. The lowest BCUT2D eigenvalue weighted by Gasteiger charge is -2.47. The molecule has 10 nitrogen and oxygen atoms in total. The zero-order valence-corrected chi connectivity index (χ0v) is 27.6. The Morgan fingerprint density at radius 3 is 1.90 bits per heavy atom. The molecule has 266 valence electrons. The number of rotatable bonds is 14. The summed E-state index contributed by atoms with van der Waals surface area (Å²) in [5, 5.41) is 19.8. The average molecular weight is 704 g/mol. The number of ether oxygens (including phenoxy) is 5. The molecule has 0 amide bonds. The van der Waals surface area contributed by atoms with E-state index >= 15 is 0 Å². The Morgan fingerprint density at radius 2 is 1.35 bits per heavy atom. The van der Waals surface area contributed by atoms with Gasteiger partial charge in [-0.05, 0) is 28.8 Å². The van der Waals surface area contributed by atoms with Gasteiger partial charge in [-0.1, -0.05) is 96.2 Å². The zero-order chi connectivity index (χ0) is 35.7. The first-order valence-corrected chi connectivity index (χ1v) is 16.2. The van der Waals surface area contributed by atoms with Crippen molar-refractivity contribution in [2.75, 3.05) is 13.7 Å². The molecule has 5 aromatic rings. The van der Waals surface area contributed by atoms with Gasteiger partial charge >= 0.3 is 5.97 Å². The predicted molar refractivity (Wildman–Crippen MR) is 177 cm³/mol. The summed E-state index contributed by atoms with van der Waals surface area (Å²) in [6, 6.07) is 28.7. The normalized spacial score (nSPS) is 20.9. The largest absolute Gasteiger partial charge is 0.467 e. The Bertz CT molecular complexity index is 1840. The van der Waals surface area contributed by atoms with Crippen molar-refractivity contribution in [3.63, 3.8) is 0 Å². The van der Waals surface area contributed by atoms with Crippen LogP contribution in [-0.4, -0.2) is 70.3 Å². The highest BCUT2D eigenvalue weighted by molar-refractivity contribution is 5.75. The maximum atomic E-state index is 14.3. The van der Waals surface area contributed by atoms with Crippen LogP contribution in [0.1, 0.15) is 22.7 Å². The Morgan fingerprint density at radius 1 is 0.824 bits per heavy atom. The molecular weight excluding hydrogens is 667 g/mol. The molecule has 1 aliphatic rings. The maximum Gasteiger partial charge on any atom is 0.337 e. The van der Waals surface area contributed by atoms with Gasteiger partial charge in [-0.25, -0.2) is 22.6 Å². The zero-order valence-electron chi connectivity index (χ0n) is 27.6. The topological polar surface area (TPSA) is 114 Å². The van der Waals surface area contributed by atoms with E-state index in [1.54, 1.807) is 0 Å². The van der Waals surface area contributed by atoms with Crippen LogP contribution in [0, 0.1) is 17.5 Å². The van der Waals surface area contributed by atoms with E-state index in [9.17, 15) is 23.1 Å². The third-order valence-corrected chi connectivity index (χ3v) is 8.51. The van der Waals surface area contributed by atoms with Crippen LogP contribution in [0.2, 0.25) is 0 Å². The molecule has 1 fully saturated rings. The summed E-state index contributed by atoms with van der Waals surface area (Å²) in [5.41, 5.74) is 2.48. The summed E-state index contributed by atoms with van der Waals surface area (Å²) in [5.74, 6) is -5.36. The van der Waals surface area contributed by atoms with E-state index in [0.717, 1.165) is 35.9 Å². The van der Waals surface area contributed by atoms with Gasteiger partial charge in [-0.2, -0.15) is 0 Å². The monoisotopic (exact) mass is 703 g/mol. The van der Waals surface area contributed by atoms with Crippen LogP contribution >= 0.6 is 0 Å². The minimum absolute atomic E-state index is 0.0184. The van der Waals surface area contributed by atoms with E-state index in [1.165, 1.54) is 10.9 Å². The lowest BCUT2D eigenvalue weighted by atomic mass is 9.89.